The maximum Gasteiger partial charge on any atom is 0.224 e. The Bertz CT molecular complexity index is 575. The number of likely N-dealkylation sites (tertiary alicyclic amines) is 1. The van der Waals surface area contributed by atoms with E-state index < -0.39 is 0 Å². The van der Waals surface area contributed by atoms with Crippen LogP contribution in [0.1, 0.15) is 6.42 Å². The molecule has 0 spiro atoms. The van der Waals surface area contributed by atoms with E-state index in [1.165, 1.54) is 18.5 Å². The first-order chi connectivity index (χ1) is 8.72. The molecule has 1 aliphatic rings. The molecule has 18 heavy (non-hydrogen) atoms. The molecule has 1 saturated heterocycles. The summed E-state index contributed by atoms with van der Waals surface area (Å²) in [5, 5.41) is 0.758. The van der Waals surface area contributed by atoms with E-state index in [4.69, 9.17) is 4.74 Å². The molecule has 0 N–H and O–H groups in total. The van der Waals surface area contributed by atoms with E-state index in [0.717, 1.165) is 24.9 Å². The molecule has 1 aromatic heterocycles. The first-order valence-electron chi connectivity index (χ1n) is 5.98. The fourth-order valence-corrected chi connectivity index (χ4v) is 2.25. The van der Waals surface area contributed by atoms with Gasteiger partial charge in [0.2, 0.25) is 5.88 Å². The van der Waals surface area contributed by atoms with Gasteiger partial charge >= 0.3 is 0 Å². The van der Waals surface area contributed by atoms with Gasteiger partial charge in [-0.2, -0.15) is 0 Å². The highest BCUT2D eigenvalue weighted by atomic mass is 19.1. The third-order valence-corrected chi connectivity index (χ3v) is 3.19. The number of hydrogen-bond donors (Lipinski definition) is 0. The minimum atomic E-state index is -0.298. The van der Waals surface area contributed by atoms with Crippen LogP contribution in [0.2, 0.25) is 0 Å². The molecule has 3 rings (SSSR count). The molecular formula is C13H14FN3O. The lowest BCUT2D eigenvalue weighted by Crippen LogP contribution is -2.21. The molecule has 1 fully saturated rings. The summed E-state index contributed by atoms with van der Waals surface area (Å²) < 4.78 is 19.0. The van der Waals surface area contributed by atoms with Gasteiger partial charge in [-0.15, -0.1) is 0 Å². The Morgan fingerprint density at radius 2 is 2.28 bits per heavy atom. The zero-order valence-corrected chi connectivity index (χ0v) is 10.1. The van der Waals surface area contributed by atoms with Crippen LogP contribution in [-0.2, 0) is 0 Å². The van der Waals surface area contributed by atoms with Crippen molar-refractivity contribution in [1.82, 2.24) is 14.9 Å². The van der Waals surface area contributed by atoms with E-state index in [1.54, 1.807) is 6.07 Å². The van der Waals surface area contributed by atoms with E-state index in [9.17, 15) is 4.39 Å². The number of benzene rings is 1. The second-order valence-corrected chi connectivity index (χ2v) is 4.63. The first-order valence-corrected chi connectivity index (χ1v) is 5.98. The Kier molecular flexibility index (Phi) is 2.83. The van der Waals surface area contributed by atoms with Gasteiger partial charge in [0.1, 0.15) is 18.2 Å². The molecule has 2 heterocycles. The quantitative estimate of drug-likeness (QED) is 0.811. The number of likely N-dealkylation sites (N-methyl/N-ethyl adjacent to an activating group) is 1. The van der Waals surface area contributed by atoms with Crippen LogP contribution in [0.5, 0.6) is 5.88 Å². The van der Waals surface area contributed by atoms with Crippen LogP contribution in [0.3, 0.4) is 0 Å². The monoisotopic (exact) mass is 247 g/mol. The average molecular weight is 247 g/mol. The Morgan fingerprint density at radius 3 is 3.06 bits per heavy atom. The first kappa shape index (κ1) is 11.3. The highest BCUT2D eigenvalue weighted by molar-refractivity contribution is 5.83. The zero-order chi connectivity index (χ0) is 12.5. The van der Waals surface area contributed by atoms with Crippen LogP contribution in [0.15, 0.2) is 24.5 Å². The molecule has 1 aliphatic heterocycles. The maximum atomic E-state index is 13.1. The second kappa shape index (κ2) is 4.49. The smallest absolute Gasteiger partial charge is 0.224 e. The lowest BCUT2D eigenvalue weighted by atomic mass is 10.2. The van der Waals surface area contributed by atoms with E-state index >= 15 is 0 Å². The molecule has 0 bridgehead atoms. The van der Waals surface area contributed by atoms with Gasteiger partial charge in [-0.05, 0) is 25.6 Å². The van der Waals surface area contributed by atoms with Gasteiger partial charge in [0, 0.05) is 19.2 Å². The van der Waals surface area contributed by atoms with Crippen LogP contribution < -0.4 is 4.74 Å². The maximum absolute atomic E-state index is 13.1. The van der Waals surface area contributed by atoms with E-state index in [0.29, 0.717) is 11.4 Å². The average Bonchev–Trinajstić information content (AvgIpc) is 2.75. The van der Waals surface area contributed by atoms with Crippen molar-refractivity contribution in [3.8, 4) is 5.88 Å². The summed E-state index contributed by atoms with van der Waals surface area (Å²) in [6, 6.07) is 4.46. The summed E-state index contributed by atoms with van der Waals surface area (Å²) in [6.07, 6.45) is 2.55. The van der Waals surface area contributed by atoms with Crippen molar-refractivity contribution in [2.45, 2.75) is 12.5 Å². The Morgan fingerprint density at radius 1 is 1.39 bits per heavy atom. The standard InChI is InChI=1S/C13H14FN3O/c1-17-5-4-10(7-17)18-13-11-3-2-9(14)6-12(11)15-8-16-13/h2-3,6,8,10H,4-5,7H2,1H3. The molecular weight excluding hydrogens is 233 g/mol. The van der Waals surface area contributed by atoms with E-state index in [2.05, 4.69) is 21.9 Å². The van der Waals surface area contributed by atoms with Gasteiger partial charge in [0.05, 0.1) is 10.9 Å². The third-order valence-electron chi connectivity index (χ3n) is 3.19. The van der Waals surface area contributed by atoms with Crippen molar-refractivity contribution in [2.24, 2.45) is 0 Å². The normalized spacial score (nSPS) is 20.4. The third kappa shape index (κ3) is 2.13. The van der Waals surface area contributed by atoms with Crippen molar-refractivity contribution in [1.29, 1.82) is 0 Å². The number of rotatable bonds is 2. The highest BCUT2D eigenvalue weighted by Gasteiger charge is 2.22. The molecule has 0 aliphatic carbocycles. The number of aromatic nitrogens is 2. The van der Waals surface area contributed by atoms with Crippen molar-refractivity contribution in [3.63, 3.8) is 0 Å². The molecule has 94 valence electrons. The Labute approximate surface area is 104 Å². The van der Waals surface area contributed by atoms with Crippen molar-refractivity contribution in [2.75, 3.05) is 20.1 Å². The van der Waals surface area contributed by atoms with Crippen LogP contribution >= 0.6 is 0 Å². The number of nitrogens with zero attached hydrogens (tertiary/aromatic N) is 3. The van der Waals surface area contributed by atoms with E-state index in [1.807, 2.05) is 0 Å². The minimum absolute atomic E-state index is 0.151. The molecule has 0 amide bonds. The molecule has 4 nitrogen and oxygen atoms in total. The van der Waals surface area contributed by atoms with E-state index in [-0.39, 0.29) is 11.9 Å². The summed E-state index contributed by atoms with van der Waals surface area (Å²) >= 11 is 0. The van der Waals surface area contributed by atoms with Gasteiger partial charge < -0.3 is 9.64 Å². The van der Waals surface area contributed by atoms with Crippen LogP contribution in [-0.4, -0.2) is 41.1 Å². The second-order valence-electron chi connectivity index (χ2n) is 4.63. The number of hydrogen-bond acceptors (Lipinski definition) is 4. The predicted octanol–water partition coefficient (Wildman–Crippen LogP) is 1.85. The lowest BCUT2D eigenvalue weighted by molar-refractivity contribution is 0.202. The van der Waals surface area contributed by atoms with Gasteiger partial charge in [-0.1, -0.05) is 0 Å². The summed E-state index contributed by atoms with van der Waals surface area (Å²) in [7, 11) is 2.07. The molecule has 0 radical (unpaired) electrons. The molecule has 1 atom stereocenters. The number of ether oxygens (including phenoxy) is 1. The molecule has 1 aromatic carbocycles. The Balaban J connectivity index is 1.92. The fraction of sp³-hybridized carbons (Fsp3) is 0.385. The topological polar surface area (TPSA) is 38.2 Å². The summed E-state index contributed by atoms with van der Waals surface area (Å²) in [4.78, 5) is 10.4. The van der Waals surface area contributed by atoms with Crippen molar-refractivity contribution >= 4 is 10.9 Å². The largest absolute Gasteiger partial charge is 0.472 e. The van der Waals surface area contributed by atoms with Gasteiger partial charge in [-0.3, -0.25) is 0 Å². The fourth-order valence-electron chi connectivity index (χ4n) is 2.25. The van der Waals surface area contributed by atoms with Crippen molar-refractivity contribution in [3.05, 3.63) is 30.3 Å². The predicted molar refractivity (Wildman–Crippen MR) is 66.0 cm³/mol. The molecule has 2 aromatic rings. The number of halogens is 1. The van der Waals surface area contributed by atoms with Crippen LogP contribution in [0, 0.1) is 5.82 Å². The van der Waals surface area contributed by atoms with Crippen LogP contribution in [0.4, 0.5) is 4.39 Å². The summed E-state index contributed by atoms with van der Waals surface area (Å²) in [6.45, 7) is 1.93. The summed E-state index contributed by atoms with van der Waals surface area (Å²) in [5.74, 6) is 0.244. The van der Waals surface area contributed by atoms with Gasteiger partial charge in [0.15, 0.2) is 0 Å². The molecule has 5 heteroatoms. The van der Waals surface area contributed by atoms with Gasteiger partial charge in [0.25, 0.3) is 0 Å². The SMILES string of the molecule is CN1CCC(Oc2ncnc3cc(F)ccc23)C1. The minimum Gasteiger partial charge on any atom is -0.472 e. The highest BCUT2D eigenvalue weighted by Crippen LogP contribution is 2.24. The van der Waals surface area contributed by atoms with Gasteiger partial charge in [-0.25, -0.2) is 14.4 Å². The van der Waals surface area contributed by atoms with Crippen molar-refractivity contribution < 1.29 is 9.13 Å². The zero-order valence-electron chi connectivity index (χ0n) is 10.1. The summed E-state index contributed by atoms with van der Waals surface area (Å²) in [5.41, 5.74) is 0.575. The van der Waals surface area contributed by atoms with Crippen LogP contribution in [0.25, 0.3) is 10.9 Å². The molecule has 0 saturated carbocycles. The number of fused-ring (bicyclic) bond motifs is 1. The molecule has 1 unspecified atom stereocenters. The lowest BCUT2D eigenvalue weighted by Gasteiger charge is -2.14. The Hall–Kier alpha value is -1.75.